The molecule has 0 radical (unpaired) electrons. The molecular weight excluding hydrogens is 394 g/mol. The van der Waals surface area contributed by atoms with E-state index in [-0.39, 0.29) is 38.1 Å². The molecule has 1 aromatic carbocycles. The number of hydrogen-bond donors (Lipinski definition) is 2. The molecule has 1 aliphatic rings. The van der Waals surface area contributed by atoms with Gasteiger partial charge in [-0.1, -0.05) is 15.9 Å². The normalized spacial score (nSPS) is 12.8. The van der Waals surface area contributed by atoms with Gasteiger partial charge in [-0.3, -0.25) is 19.3 Å². The average molecular weight is 412 g/mol. The first-order valence-corrected chi connectivity index (χ1v) is 8.56. The molecule has 8 nitrogen and oxygen atoms in total. The first-order valence-electron chi connectivity index (χ1n) is 7.77. The SMILES string of the molecule is CCOC(=O)CNC(=O)NCCCN1C(=O)c2ccc(Br)cc2C1=O. The summed E-state index contributed by atoms with van der Waals surface area (Å²) in [6.07, 6.45) is 0.402. The van der Waals surface area contributed by atoms with E-state index in [0.717, 1.165) is 9.37 Å². The first-order chi connectivity index (χ1) is 11.9. The second kappa shape index (κ2) is 8.61. The van der Waals surface area contributed by atoms with Crippen molar-refractivity contribution in [2.75, 3.05) is 26.2 Å². The standard InChI is InChI=1S/C16H18BrN3O5/c1-2-25-13(21)9-19-16(24)18-6-3-7-20-14(22)11-5-4-10(17)8-12(11)15(20)23/h4-5,8H,2-3,6-7,9H2,1H3,(H2,18,19,24). The molecule has 0 spiro atoms. The Morgan fingerprint density at radius 2 is 1.88 bits per heavy atom. The highest BCUT2D eigenvalue weighted by atomic mass is 79.9. The van der Waals surface area contributed by atoms with Crippen LogP contribution in [-0.2, 0) is 9.53 Å². The second-order valence-electron chi connectivity index (χ2n) is 5.22. The van der Waals surface area contributed by atoms with E-state index in [2.05, 4.69) is 31.3 Å². The number of rotatable bonds is 7. The van der Waals surface area contributed by atoms with Crippen molar-refractivity contribution in [3.8, 4) is 0 Å². The van der Waals surface area contributed by atoms with E-state index in [1.54, 1.807) is 25.1 Å². The van der Waals surface area contributed by atoms with Gasteiger partial charge in [-0.25, -0.2) is 4.79 Å². The Morgan fingerprint density at radius 1 is 1.16 bits per heavy atom. The van der Waals surface area contributed by atoms with E-state index in [1.807, 2.05) is 0 Å². The monoisotopic (exact) mass is 411 g/mol. The van der Waals surface area contributed by atoms with Gasteiger partial charge in [0.15, 0.2) is 0 Å². The van der Waals surface area contributed by atoms with Crippen LogP contribution in [0.5, 0.6) is 0 Å². The lowest BCUT2D eigenvalue weighted by Crippen LogP contribution is -2.40. The predicted octanol–water partition coefficient (Wildman–Crippen LogP) is 1.30. The van der Waals surface area contributed by atoms with Gasteiger partial charge in [-0.2, -0.15) is 0 Å². The van der Waals surface area contributed by atoms with E-state index >= 15 is 0 Å². The van der Waals surface area contributed by atoms with Gasteiger partial charge in [0.1, 0.15) is 6.54 Å². The minimum atomic E-state index is -0.519. The molecule has 0 unspecified atom stereocenters. The fourth-order valence-corrected chi connectivity index (χ4v) is 2.69. The molecule has 134 valence electrons. The van der Waals surface area contributed by atoms with Crippen LogP contribution in [0.3, 0.4) is 0 Å². The number of benzene rings is 1. The zero-order valence-electron chi connectivity index (χ0n) is 13.6. The summed E-state index contributed by atoms with van der Waals surface area (Å²) in [6, 6.07) is 4.43. The molecule has 1 heterocycles. The third-order valence-corrected chi connectivity index (χ3v) is 3.97. The van der Waals surface area contributed by atoms with Crippen LogP contribution < -0.4 is 10.6 Å². The van der Waals surface area contributed by atoms with E-state index < -0.39 is 12.0 Å². The van der Waals surface area contributed by atoms with Crippen LogP contribution in [0, 0.1) is 0 Å². The largest absolute Gasteiger partial charge is 0.465 e. The Bertz CT molecular complexity index is 707. The maximum absolute atomic E-state index is 12.3. The third kappa shape index (κ3) is 4.79. The average Bonchev–Trinajstić information content (AvgIpc) is 2.81. The van der Waals surface area contributed by atoms with E-state index in [9.17, 15) is 19.2 Å². The highest BCUT2D eigenvalue weighted by Crippen LogP contribution is 2.25. The molecule has 0 saturated heterocycles. The van der Waals surface area contributed by atoms with Crippen LogP contribution in [0.4, 0.5) is 4.79 Å². The van der Waals surface area contributed by atoms with Crippen LogP contribution in [0.2, 0.25) is 0 Å². The maximum Gasteiger partial charge on any atom is 0.325 e. The molecule has 0 fully saturated rings. The highest BCUT2D eigenvalue weighted by molar-refractivity contribution is 9.10. The van der Waals surface area contributed by atoms with Gasteiger partial charge < -0.3 is 15.4 Å². The van der Waals surface area contributed by atoms with Crippen molar-refractivity contribution in [3.05, 3.63) is 33.8 Å². The minimum absolute atomic E-state index is 0.197. The van der Waals surface area contributed by atoms with Crippen LogP contribution in [-0.4, -0.2) is 55.0 Å². The number of hydrogen-bond acceptors (Lipinski definition) is 5. The fraction of sp³-hybridized carbons (Fsp3) is 0.375. The van der Waals surface area contributed by atoms with E-state index in [4.69, 9.17) is 0 Å². The summed E-state index contributed by atoms with van der Waals surface area (Å²) in [7, 11) is 0. The first kappa shape index (κ1) is 18.9. The van der Waals surface area contributed by atoms with Crippen molar-refractivity contribution < 1.29 is 23.9 Å². The molecule has 9 heteroatoms. The molecule has 0 aromatic heterocycles. The molecule has 2 N–H and O–H groups in total. The van der Waals surface area contributed by atoms with Gasteiger partial charge in [0.2, 0.25) is 0 Å². The number of halogens is 1. The van der Waals surface area contributed by atoms with Crippen LogP contribution >= 0.6 is 15.9 Å². The Labute approximate surface area is 153 Å². The number of nitrogens with zero attached hydrogens (tertiary/aromatic N) is 1. The zero-order valence-corrected chi connectivity index (χ0v) is 15.2. The number of urea groups is 1. The lowest BCUT2D eigenvalue weighted by molar-refractivity contribution is -0.141. The lowest BCUT2D eigenvalue weighted by Gasteiger charge is -2.14. The number of nitrogens with one attached hydrogen (secondary N) is 2. The molecule has 0 atom stereocenters. The van der Waals surface area contributed by atoms with Crippen molar-refractivity contribution in [2.24, 2.45) is 0 Å². The number of amides is 4. The quantitative estimate of drug-likeness (QED) is 0.399. The summed E-state index contributed by atoms with van der Waals surface area (Å²) in [5.41, 5.74) is 0.757. The third-order valence-electron chi connectivity index (χ3n) is 3.48. The highest BCUT2D eigenvalue weighted by Gasteiger charge is 2.34. The number of ether oxygens (including phenoxy) is 1. The topological polar surface area (TPSA) is 105 Å². The summed E-state index contributed by atoms with van der Waals surface area (Å²) in [5.74, 6) is -1.19. The van der Waals surface area contributed by atoms with Crippen LogP contribution in [0.25, 0.3) is 0 Å². The van der Waals surface area contributed by atoms with Gasteiger partial charge >= 0.3 is 12.0 Å². The Hall–Kier alpha value is -2.42. The molecule has 1 aromatic rings. The van der Waals surface area contributed by atoms with Gasteiger partial charge in [0.05, 0.1) is 17.7 Å². The molecule has 25 heavy (non-hydrogen) atoms. The molecule has 4 amide bonds. The maximum atomic E-state index is 12.3. The van der Waals surface area contributed by atoms with Gasteiger partial charge in [-0.15, -0.1) is 0 Å². The Kier molecular flexibility index (Phi) is 6.51. The van der Waals surface area contributed by atoms with Crippen molar-refractivity contribution >= 4 is 39.7 Å². The summed E-state index contributed by atoms with van der Waals surface area (Å²) in [4.78, 5) is 48.3. The van der Waals surface area contributed by atoms with Crippen LogP contribution in [0.15, 0.2) is 22.7 Å². The van der Waals surface area contributed by atoms with Crippen LogP contribution in [0.1, 0.15) is 34.1 Å². The van der Waals surface area contributed by atoms with Gasteiger partial charge in [-0.05, 0) is 31.5 Å². The number of fused-ring (bicyclic) bond motifs is 1. The second-order valence-corrected chi connectivity index (χ2v) is 6.14. The van der Waals surface area contributed by atoms with E-state index in [0.29, 0.717) is 17.5 Å². The number of carbonyl (C=O) groups excluding carboxylic acids is 4. The molecule has 0 aliphatic carbocycles. The summed E-state index contributed by atoms with van der Waals surface area (Å²) >= 11 is 3.28. The van der Waals surface area contributed by atoms with Gasteiger partial charge in [0.25, 0.3) is 11.8 Å². The Morgan fingerprint density at radius 3 is 2.60 bits per heavy atom. The fourth-order valence-electron chi connectivity index (χ4n) is 2.33. The van der Waals surface area contributed by atoms with Gasteiger partial charge in [0, 0.05) is 17.6 Å². The number of esters is 1. The molecule has 1 aliphatic heterocycles. The molecule has 0 saturated carbocycles. The molecule has 0 bridgehead atoms. The number of imide groups is 1. The zero-order chi connectivity index (χ0) is 18.4. The van der Waals surface area contributed by atoms with Crippen molar-refractivity contribution in [1.82, 2.24) is 15.5 Å². The summed E-state index contributed by atoms with van der Waals surface area (Å²) in [5, 5.41) is 4.91. The Balaban J connectivity index is 1.74. The predicted molar refractivity (Wildman–Crippen MR) is 92.2 cm³/mol. The van der Waals surface area contributed by atoms with Crippen molar-refractivity contribution in [3.63, 3.8) is 0 Å². The molecule has 2 rings (SSSR count). The van der Waals surface area contributed by atoms with Crippen molar-refractivity contribution in [2.45, 2.75) is 13.3 Å². The smallest absolute Gasteiger partial charge is 0.325 e. The van der Waals surface area contributed by atoms with E-state index in [1.165, 1.54) is 0 Å². The lowest BCUT2D eigenvalue weighted by atomic mass is 10.1. The summed E-state index contributed by atoms with van der Waals surface area (Å²) in [6.45, 7) is 2.16. The summed E-state index contributed by atoms with van der Waals surface area (Å²) < 4.78 is 5.41. The molecular formula is C16H18BrN3O5. The number of carbonyl (C=O) groups is 4. The van der Waals surface area contributed by atoms with Crippen molar-refractivity contribution in [1.29, 1.82) is 0 Å². The minimum Gasteiger partial charge on any atom is -0.465 e.